The monoisotopic (exact) mass is 316 g/mol. The van der Waals surface area contributed by atoms with Gasteiger partial charge in [0.05, 0.1) is 0 Å². The van der Waals surface area contributed by atoms with Crippen molar-refractivity contribution in [3.8, 4) is 0 Å². The topological polar surface area (TPSA) is 104 Å². The van der Waals surface area contributed by atoms with Gasteiger partial charge in [-0.25, -0.2) is 0 Å². The first kappa shape index (κ1) is 24.1. The Kier molecular flexibility index (Phi) is 28.2. The summed E-state index contributed by atoms with van der Waals surface area (Å²) < 4.78 is 0. The molecule has 0 bridgehead atoms. The van der Waals surface area contributed by atoms with Crippen LogP contribution < -0.4 is 22.9 Å². The first-order valence-corrected chi connectivity index (χ1v) is 9.63. The third-order valence-electron chi connectivity index (χ3n) is 3.82. The van der Waals surface area contributed by atoms with Gasteiger partial charge in [-0.3, -0.25) is 0 Å². The van der Waals surface area contributed by atoms with E-state index in [1.165, 1.54) is 89.9 Å². The van der Waals surface area contributed by atoms with E-state index in [1.807, 2.05) is 0 Å². The van der Waals surface area contributed by atoms with Gasteiger partial charge in [0, 0.05) is 0 Å². The van der Waals surface area contributed by atoms with E-state index in [0.717, 1.165) is 26.2 Å². The van der Waals surface area contributed by atoms with Crippen molar-refractivity contribution < 1.29 is 0 Å². The summed E-state index contributed by atoms with van der Waals surface area (Å²) in [5, 5.41) is 0. The number of hydrogen-bond acceptors (Lipinski definition) is 4. The van der Waals surface area contributed by atoms with Gasteiger partial charge in [-0.2, -0.15) is 0 Å². The second-order valence-corrected chi connectivity index (χ2v) is 6.10. The maximum Gasteiger partial charge on any atom is -0.00773 e. The van der Waals surface area contributed by atoms with Crippen LogP contribution in [0.5, 0.6) is 0 Å². The molecule has 0 unspecified atom stereocenters. The molecule has 0 saturated heterocycles. The van der Waals surface area contributed by atoms with E-state index >= 15 is 0 Å². The summed E-state index contributed by atoms with van der Waals surface area (Å²) >= 11 is 0. The van der Waals surface area contributed by atoms with Crippen molar-refractivity contribution in [2.45, 2.75) is 89.9 Å². The normalized spacial score (nSPS) is 10.4. The van der Waals surface area contributed by atoms with Crippen LogP contribution in [0.3, 0.4) is 0 Å². The highest BCUT2D eigenvalue weighted by molar-refractivity contribution is 4.47. The minimum atomic E-state index is 0.844. The fraction of sp³-hybridized carbons (Fsp3) is 1.00. The average Bonchev–Trinajstić information content (AvgIpc) is 2.54. The lowest BCUT2D eigenvalue weighted by atomic mass is 10.1. The zero-order chi connectivity index (χ0) is 16.7. The molecule has 0 atom stereocenters. The van der Waals surface area contributed by atoms with Gasteiger partial charge in [-0.1, -0.05) is 64.2 Å². The summed E-state index contributed by atoms with van der Waals surface area (Å²) in [7, 11) is 0. The van der Waals surface area contributed by atoms with Gasteiger partial charge in [0.1, 0.15) is 0 Å². The summed E-state index contributed by atoms with van der Waals surface area (Å²) in [6.45, 7) is 3.40. The highest BCUT2D eigenvalue weighted by Gasteiger charge is 1.90. The van der Waals surface area contributed by atoms with E-state index in [1.54, 1.807) is 0 Å². The van der Waals surface area contributed by atoms with E-state index in [2.05, 4.69) is 0 Å². The first-order valence-electron chi connectivity index (χ1n) is 9.63. The Balaban J connectivity index is 0. The van der Waals surface area contributed by atoms with Crippen LogP contribution in [0.4, 0.5) is 0 Å². The van der Waals surface area contributed by atoms with Crippen molar-refractivity contribution in [3.63, 3.8) is 0 Å². The third kappa shape index (κ3) is 28.1. The summed E-state index contributed by atoms with van der Waals surface area (Å²) in [5.74, 6) is 0. The molecule has 0 aromatic heterocycles. The van der Waals surface area contributed by atoms with E-state index in [9.17, 15) is 0 Å². The van der Waals surface area contributed by atoms with E-state index < -0.39 is 0 Å². The SMILES string of the molecule is NCCCCCCCCCCN.NCCCCCCCCN. The molecule has 0 aliphatic heterocycles. The van der Waals surface area contributed by atoms with Gasteiger partial charge >= 0.3 is 0 Å². The van der Waals surface area contributed by atoms with E-state index in [-0.39, 0.29) is 0 Å². The summed E-state index contributed by atoms with van der Waals surface area (Å²) in [4.78, 5) is 0. The fourth-order valence-electron chi connectivity index (χ4n) is 2.35. The van der Waals surface area contributed by atoms with Crippen LogP contribution in [0.15, 0.2) is 0 Å². The van der Waals surface area contributed by atoms with E-state index in [0.29, 0.717) is 0 Å². The number of unbranched alkanes of at least 4 members (excludes halogenated alkanes) is 12. The molecule has 4 nitrogen and oxygen atoms in total. The molecule has 0 amide bonds. The van der Waals surface area contributed by atoms with Crippen LogP contribution >= 0.6 is 0 Å². The molecular formula is C18H44N4. The molecule has 4 heteroatoms. The first-order chi connectivity index (χ1) is 10.8. The lowest BCUT2D eigenvalue weighted by molar-refractivity contribution is 0.572. The molecule has 136 valence electrons. The second-order valence-electron chi connectivity index (χ2n) is 6.10. The second kappa shape index (κ2) is 25.8. The molecule has 0 spiro atoms. The van der Waals surface area contributed by atoms with Crippen LogP contribution in [-0.2, 0) is 0 Å². The zero-order valence-electron chi connectivity index (χ0n) is 15.0. The molecule has 0 heterocycles. The average molecular weight is 317 g/mol. The van der Waals surface area contributed by atoms with Crippen molar-refractivity contribution in [2.75, 3.05) is 26.2 Å². The molecule has 0 aliphatic carbocycles. The Labute approximate surface area is 139 Å². The van der Waals surface area contributed by atoms with Gasteiger partial charge in [0.25, 0.3) is 0 Å². The lowest BCUT2D eigenvalue weighted by Crippen LogP contribution is -1.99. The molecule has 0 fully saturated rings. The molecule has 0 saturated carbocycles. The Morgan fingerprint density at radius 1 is 0.227 bits per heavy atom. The van der Waals surface area contributed by atoms with Crippen LogP contribution in [0.1, 0.15) is 89.9 Å². The standard InChI is InChI=1S/C10H24N2.C8H20N2/c11-9-7-5-3-1-2-4-6-8-10-12;9-7-5-3-1-2-4-6-8-10/h1-12H2;1-10H2. The highest BCUT2D eigenvalue weighted by Crippen LogP contribution is 2.07. The maximum atomic E-state index is 5.40. The van der Waals surface area contributed by atoms with Gasteiger partial charge in [0.15, 0.2) is 0 Å². The molecule has 0 aromatic carbocycles. The predicted molar refractivity (Wildman–Crippen MR) is 101 cm³/mol. The molecule has 22 heavy (non-hydrogen) atoms. The Hall–Kier alpha value is -0.160. The third-order valence-corrected chi connectivity index (χ3v) is 3.82. The van der Waals surface area contributed by atoms with Crippen LogP contribution in [-0.4, -0.2) is 26.2 Å². The van der Waals surface area contributed by atoms with Crippen molar-refractivity contribution >= 4 is 0 Å². The van der Waals surface area contributed by atoms with Gasteiger partial charge in [-0.15, -0.1) is 0 Å². The van der Waals surface area contributed by atoms with Gasteiger partial charge in [0.2, 0.25) is 0 Å². The van der Waals surface area contributed by atoms with Gasteiger partial charge in [-0.05, 0) is 51.9 Å². The maximum absolute atomic E-state index is 5.40. The Bertz CT molecular complexity index is 147. The highest BCUT2D eigenvalue weighted by atomic mass is 14.5. The van der Waals surface area contributed by atoms with Crippen LogP contribution in [0, 0.1) is 0 Å². The number of hydrogen-bond donors (Lipinski definition) is 4. The molecule has 0 radical (unpaired) electrons. The molecule has 0 rings (SSSR count). The van der Waals surface area contributed by atoms with E-state index in [4.69, 9.17) is 22.9 Å². The number of nitrogens with two attached hydrogens (primary N) is 4. The largest absolute Gasteiger partial charge is 0.330 e. The Morgan fingerprint density at radius 2 is 0.364 bits per heavy atom. The van der Waals surface area contributed by atoms with Crippen LogP contribution in [0.2, 0.25) is 0 Å². The van der Waals surface area contributed by atoms with Crippen molar-refractivity contribution in [2.24, 2.45) is 22.9 Å². The summed E-state index contributed by atoms with van der Waals surface area (Å²) in [6.07, 6.45) is 18.1. The molecule has 8 N–H and O–H groups in total. The minimum Gasteiger partial charge on any atom is -0.330 e. The summed E-state index contributed by atoms with van der Waals surface area (Å²) in [6, 6.07) is 0. The molecular weight excluding hydrogens is 272 g/mol. The minimum absolute atomic E-state index is 0.844. The van der Waals surface area contributed by atoms with Crippen LogP contribution in [0.25, 0.3) is 0 Å². The number of rotatable bonds is 16. The smallest absolute Gasteiger partial charge is 0.00773 e. The lowest BCUT2D eigenvalue weighted by Gasteiger charge is -2.00. The zero-order valence-corrected chi connectivity index (χ0v) is 15.0. The quantitative estimate of drug-likeness (QED) is 0.328. The predicted octanol–water partition coefficient (Wildman–Crippen LogP) is 3.27. The van der Waals surface area contributed by atoms with Crippen molar-refractivity contribution in [1.29, 1.82) is 0 Å². The van der Waals surface area contributed by atoms with Crippen molar-refractivity contribution in [1.82, 2.24) is 0 Å². The van der Waals surface area contributed by atoms with Crippen molar-refractivity contribution in [3.05, 3.63) is 0 Å². The Morgan fingerprint density at radius 3 is 0.500 bits per heavy atom. The molecule has 0 aliphatic rings. The summed E-state index contributed by atoms with van der Waals surface area (Å²) in [5.41, 5.74) is 21.5. The fourth-order valence-corrected chi connectivity index (χ4v) is 2.35. The molecule has 0 aromatic rings. The van der Waals surface area contributed by atoms with Gasteiger partial charge < -0.3 is 22.9 Å².